The zero-order valence-corrected chi connectivity index (χ0v) is 12.0. The van der Waals surface area contributed by atoms with Crippen molar-refractivity contribution in [3.8, 4) is 0 Å². The number of aliphatic carboxylic acids is 1. The number of carboxylic acid groups (broad SMARTS) is 1. The Hall–Kier alpha value is -1.35. The van der Waals surface area contributed by atoms with Crippen molar-refractivity contribution in [2.24, 2.45) is 5.41 Å². The number of benzene rings is 1. The molecule has 0 aromatic heterocycles. The van der Waals surface area contributed by atoms with Gasteiger partial charge in [0, 0.05) is 13.1 Å². The number of carbonyl (C=O) groups is 1. The number of hydrogen-bond acceptors (Lipinski definition) is 2. The fourth-order valence-corrected chi connectivity index (χ4v) is 2.89. The summed E-state index contributed by atoms with van der Waals surface area (Å²) in [6.45, 7) is 8.86. The third-order valence-corrected chi connectivity index (χ3v) is 4.18. The largest absolute Gasteiger partial charge is 0.481 e. The monoisotopic (exact) mass is 261 g/mol. The molecule has 1 aromatic rings. The zero-order valence-electron chi connectivity index (χ0n) is 12.0. The highest BCUT2D eigenvalue weighted by atomic mass is 16.4. The molecular weight excluding hydrogens is 238 g/mol. The standard InChI is InChI=1S/C16H23NO2/c1-15(2)9-10-17(11-15)12-16(3,14(18)19)13-7-5-4-6-8-13/h4-8H,9-12H2,1-3H3,(H,18,19). The second-order valence-electron chi connectivity index (χ2n) is 6.63. The first-order valence-corrected chi connectivity index (χ1v) is 6.85. The van der Waals surface area contributed by atoms with Crippen LogP contribution in [0.3, 0.4) is 0 Å². The van der Waals surface area contributed by atoms with Gasteiger partial charge in [-0.2, -0.15) is 0 Å². The predicted molar refractivity (Wildman–Crippen MR) is 76.3 cm³/mol. The SMILES string of the molecule is CC1(C)CCN(CC(C)(C(=O)O)c2ccccc2)C1. The van der Waals surface area contributed by atoms with Crippen LogP contribution in [-0.4, -0.2) is 35.6 Å². The fourth-order valence-electron chi connectivity index (χ4n) is 2.89. The Morgan fingerprint density at radius 2 is 2.00 bits per heavy atom. The van der Waals surface area contributed by atoms with Crippen molar-refractivity contribution in [3.63, 3.8) is 0 Å². The van der Waals surface area contributed by atoms with Crippen LogP contribution in [0, 0.1) is 5.41 Å². The number of rotatable bonds is 4. The molecule has 3 heteroatoms. The van der Waals surface area contributed by atoms with E-state index in [0.717, 1.165) is 25.1 Å². The van der Waals surface area contributed by atoms with Gasteiger partial charge in [0.15, 0.2) is 0 Å². The van der Waals surface area contributed by atoms with Gasteiger partial charge in [-0.15, -0.1) is 0 Å². The van der Waals surface area contributed by atoms with Crippen molar-refractivity contribution < 1.29 is 9.90 Å². The van der Waals surface area contributed by atoms with E-state index >= 15 is 0 Å². The molecule has 0 amide bonds. The number of carboxylic acids is 1. The van der Waals surface area contributed by atoms with Crippen molar-refractivity contribution in [2.75, 3.05) is 19.6 Å². The van der Waals surface area contributed by atoms with Crippen LogP contribution in [0.25, 0.3) is 0 Å². The van der Waals surface area contributed by atoms with Gasteiger partial charge in [0.2, 0.25) is 0 Å². The van der Waals surface area contributed by atoms with E-state index in [1.807, 2.05) is 37.3 Å². The Morgan fingerprint density at radius 3 is 2.47 bits per heavy atom. The van der Waals surface area contributed by atoms with E-state index in [9.17, 15) is 9.90 Å². The van der Waals surface area contributed by atoms with Crippen LogP contribution in [0.1, 0.15) is 32.8 Å². The summed E-state index contributed by atoms with van der Waals surface area (Å²) in [6.07, 6.45) is 1.14. The normalized spacial score (nSPS) is 22.1. The minimum absolute atomic E-state index is 0.302. The Balaban J connectivity index is 2.20. The summed E-state index contributed by atoms with van der Waals surface area (Å²) in [5.41, 5.74) is 0.352. The molecule has 0 bridgehead atoms. The molecule has 2 rings (SSSR count). The van der Waals surface area contributed by atoms with Gasteiger partial charge in [-0.25, -0.2) is 0 Å². The second kappa shape index (κ2) is 4.97. The Morgan fingerprint density at radius 1 is 1.37 bits per heavy atom. The van der Waals surface area contributed by atoms with Gasteiger partial charge < -0.3 is 10.0 Å². The summed E-state index contributed by atoms with van der Waals surface area (Å²) in [5.74, 6) is -0.747. The van der Waals surface area contributed by atoms with Crippen LogP contribution >= 0.6 is 0 Å². The molecule has 1 fully saturated rings. The van der Waals surface area contributed by atoms with Crippen LogP contribution in [-0.2, 0) is 10.2 Å². The zero-order chi connectivity index (χ0) is 14.1. The molecule has 1 N–H and O–H groups in total. The maximum absolute atomic E-state index is 11.7. The first-order chi connectivity index (χ1) is 8.83. The van der Waals surface area contributed by atoms with Gasteiger partial charge >= 0.3 is 5.97 Å². The fraction of sp³-hybridized carbons (Fsp3) is 0.562. The molecule has 1 saturated heterocycles. The molecule has 1 heterocycles. The smallest absolute Gasteiger partial charge is 0.315 e. The van der Waals surface area contributed by atoms with Gasteiger partial charge in [0.1, 0.15) is 5.41 Å². The van der Waals surface area contributed by atoms with E-state index in [4.69, 9.17) is 0 Å². The number of nitrogens with zero attached hydrogens (tertiary/aromatic N) is 1. The average Bonchev–Trinajstić information content (AvgIpc) is 2.69. The lowest BCUT2D eigenvalue weighted by Gasteiger charge is -2.31. The Kier molecular flexibility index (Phi) is 3.68. The summed E-state index contributed by atoms with van der Waals surface area (Å²) in [7, 11) is 0. The van der Waals surface area contributed by atoms with Gasteiger partial charge in [-0.1, -0.05) is 44.2 Å². The molecule has 1 unspecified atom stereocenters. The minimum Gasteiger partial charge on any atom is -0.481 e. The van der Waals surface area contributed by atoms with Crippen LogP contribution in [0.5, 0.6) is 0 Å². The topological polar surface area (TPSA) is 40.5 Å². The third-order valence-electron chi connectivity index (χ3n) is 4.18. The van der Waals surface area contributed by atoms with E-state index in [0.29, 0.717) is 12.0 Å². The molecule has 19 heavy (non-hydrogen) atoms. The van der Waals surface area contributed by atoms with Gasteiger partial charge in [0.25, 0.3) is 0 Å². The van der Waals surface area contributed by atoms with E-state index < -0.39 is 11.4 Å². The summed E-state index contributed by atoms with van der Waals surface area (Å²) in [5, 5.41) is 9.65. The van der Waals surface area contributed by atoms with Crippen LogP contribution in [0.2, 0.25) is 0 Å². The predicted octanol–water partition coefficient (Wildman–Crippen LogP) is 2.76. The summed E-state index contributed by atoms with van der Waals surface area (Å²) in [4.78, 5) is 14.0. The Bertz CT molecular complexity index is 455. The maximum atomic E-state index is 11.7. The maximum Gasteiger partial charge on any atom is 0.315 e. The summed E-state index contributed by atoms with van der Waals surface area (Å²) in [6, 6.07) is 9.56. The highest BCUT2D eigenvalue weighted by Gasteiger charge is 2.40. The third kappa shape index (κ3) is 2.98. The summed E-state index contributed by atoms with van der Waals surface area (Å²) >= 11 is 0. The lowest BCUT2D eigenvalue weighted by Crippen LogP contribution is -2.44. The number of likely N-dealkylation sites (tertiary alicyclic amines) is 1. The van der Waals surface area contributed by atoms with Crippen LogP contribution < -0.4 is 0 Å². The Labute approximate surface area is 115 Å². The molecule has 1 aromatic carbocycles. The lowest BCUT2D eigenvalue weighted by molar-refractivity contribution is -0.144. The van der Waals surface area contributed by atoms with Crippen LogP contribution in [0.15, 0.2) is 30.3 Å². The highest BCUT2D eigenvalue weighted by Crippen LogP contribution is 2.33. The summed E-state index contributed by atoms with van der Waals surface area (Å²) < 4.78 is 0. The van der Waals surface area contributed by atoms with Crippen molar-refractivity contribution in [1.29, 1.82) is 0 Å². The van der Waals surface area contributed by atoms with Gasteiger partial charge in [0.05, 0.1) is 0 Å². The van der Waals surface area contributed by atoms with Crippen molar-refractivity contribution in [2.45, 2.75) is 32.6 Å². The molecule has 0 saturated carbocycles. The molecule has 1 atom stereocenters. The van der Waals surface area contributed by atoms with Crippen LogP contribution in [0.4, 0.5) is 0 Å². The first-order valence-electron chi connectivity index (χ1n) is 6.85. The molecule has 0 spiro atoms. The van der Waals surface area contributed by atoms with E-state index in [-0.39, 0.29) is 0 Å². The van der Waals surface area contributed by atoms with E-state index in [1.54, 1.807) is 0 Å². The molecule has 0 aliphatic carbocycles. The molecule has 0 radical (unpaired) electrons. The van der Waals surface area contributed by atoms with E-state index in [2.05, 4.69) is 18.7 Å². The lowest BCUT2D eigenvalue weighted by atomic mass is 9.82. The first kappa shape index (κ1) is 14.1. The number of hydrogen-bond donors (Lipinski definition) is 1. The van der Waals surface area contributed by atoms with Gasteiger partial charge in [-0.05, 0) is 30.9 Å². The molecular formula is C16H23NO2. The van der Waals surface area contributed by atoms with Crippen molar-refractivity contribution in [3.05, 3.63) is 35.9 Å². The molecule has 1 aliphatic heterocycles. The quantitative estimate of drug-likeness (QED) is 0.906. The molecule has 104 valence electrons. The second-order valence-corrected chi connectivity index (χ2v) is 6.63. The molecule has 3 nitrogen and oxygen atoms in total. The minimum atomic E-state index is -0.832. The molecule has 1 aliphatic rings. The average molecular weight is 261 g/mol. The van der Waals surface area contributed by atoms with Gasteiger partial charge in [-0.3, -0.25) is 4.79 Å². The highest BCUT2D eigenvalue weighted by molar-refractivity contribution is 5.81. The van der Waals surface area contributed by atoms with Crippen molar-refractivity contribution >= 4 is 5.97 Å². The van der Waals surface area contributed by atoms with E-state index in [1.165, 1.54) is 0 Å². The van der Waals surface area contributed by atoms with Crippen molar-refractivity contribution in [1.82, 2.24) is 4.90 Å².